The molecular formula is C28H25N. The maximum absolute atomic E-state index is 4.20. The molecule has 0 saturated heterocycles. The summed E-state index contributed by atoms with van der Waals surface area (Å²) in [5.41, 5.74) is 5.76. The lowest BCUT2D eigenvalue weighted by molar-refractivity contribution is 0.690. The predicted molar refractivity (Wildman–Crippen MR) is 126 cm³/mol. The van der Waals surface area contributed by atoms with Gasteiger partial charge in [-0.3, -0.25) is 4.99 Å². The van der Waals surface area contributed by atoms with E-state index in [4.69, 9.17) is 0 Å². The molecule has 0 radical (unpaired) electrons. The molecule has 142 valence electrons. The van der Waals surface area contributed by atoms with E-state index < -0.39 is 0 Å². The smallest absolute Gasteiger partial charge is 0.0645 e. The lowest BCUT2D eigenvalue weighted by Gasteiger charge is -2.18. The minimum absolute atomic E-state index is 0.809. The van der Waals surface area contributed by atoms with Crippen LogP contribution in [0.5, 0.6) is 0 Å². The standard InChI is InChI=1S/C18H16.C10H9N/c1-3-7-15-13(5-1)9-11-18-16-8-4-2-6-14(16)10-12-17(15)18;1-2-5-10-8-11-7-3-6-9(10)4-1/h1,3,5,7,9-12H,2,4,6,8H2;1-7H,8H2. The summed E-state index contributed by atoms with van der Waals surface area (Å²) in [5, 5.41) is 5.64. The third-order valence-corrected chi connectivity index (χ3v) is 6.04. The van der Waals surface area contributed by atoms with Crippen LogP contribution in [0.2, 0.25) is 0 Å². The monoisotopic (exact) mass is 375 g/mol. The van der Waals surface area contributed by atoms with Gasteiger partial charge < -0.3 is 0 Å². The second-order valence-corrected chi connectivity index (χ2v) is 7.84. The molecule has 1 heterocycles. The van der Waals surface area contributed by atoms with Gasteiger partial charge in [-0.1, -0.05) is 78.9 Å². The van der Waals surface area contributed by atoms with E-state index in [1.165, 1.54) is 58.4 Å². The molecule has 1 aliphatic heterocycles. The highest BCUT2D eigenvalue weighted by molar-refractivity contribution is 6.08. The van der Waals surface area contributed by atoms with Crippen molar-refractivity contribution in [1.82, 2.24) is 0 Å². The van der Waals surface area contributed by atoms with E-state index in [9.17, 15) is 0 Å². The molecule has 4 aromatic carbocycles. The molecule has 29 heavy (non-hydrogen) atoms. The molecule has 0 fully saturated rings. The Labute approximate surface area is 172 Å². The normalized spacial score (nSPS) is 14.6. The summed E-state index contributed by atoms with van der Waals surface area (Å²) >= 11 is 0. The van der Waals surface area contributed by atoms with Gasteiger partial charge >= 0.3 is 0 Å². The van der Waals surface area contributed by atoms with Crippen LogP contribution in [-0.4, -0.2) is 6.21 Å². The lowest BCUT2D eigenvalue weighted by atomic mass is 9.86. The van der Waals surface area contributed by atoms with Crippen LogP contribution in [-0.2, 0) is 19.4 Å². The van der Waals surface area contributed by atoms with Gasteiger partial charge in [0.25, 0.3) is 0 Å². The Balaban J connectivity index is 0.000000142. The van der Waals surface area contributed by atoms with E-state index in [1.807, 2.05) is 18.4 Å². The van der Waals surface area contributed by atoms with E-state index in [0.29, 0.717) is 0 Å². The number of aryl methyl sites for hydroxylation is 2. The van der Waals surface area contributed by atoms with Crippen molar-refractivity contribution in [3.8, 4) is 0 Å². The first kappa shape index (κ1) is 17.9. The Morgan fingerprint density at radius 3 is 2.45 bits per heavy atom. The number of nitrogens with zero attached hydrogens (tertiary/aromatic N) is 1. The summed E-state index contributed by atoms with van der Waals surface area (Å²) in [4.78, 5) is 4.20. The molecule has 2 aliphatic rings. The number of hydrogen-bond donors (Lipinski definition) is 0. The molecule has 0 amide bonds. The molecule has 0 N–H and O–H groups in total. The Hall–Kier alpha value is -3.19. The van der Waals surface area contributed by atoms with Crippen molar-refractivity contribution in [1.29, 1.82) is 0 Å². The number of allylic oxidation sites excluding steroid dienone is 1. The summed E-state index contributed by atoms with van der Waals surface area (Å²) < 4.78 is 0. The van der Waals surface area contributed by atoms with Gasteiger partial charge in [0.2, 0.25) is 0 Å². The van der Waals surface area contributed by atoms with Crippen LogP contribution < -0.4 is 0 Å². The summed E-state index contributed by atoms with van der Waals surface area (Å²) in [6.45, 7) is 0.809. The zero-order chi connectivity index (χ0) is 19.5. The molecule has 0 bridgehead atoms. The largest absolute Gasteiger partial charge is 0.288 e. The SMILES string of the molecule is C1=Cc2ccccc2CN=C1.c1ccc2c(c1)ccc1c3c(ccc12)CCCC3. The zero-order valence-electron chi connectivity index (χ0n) is 16.6. The highest BCUT2D eigenvalue weighted by atomic mass is 14.7. The maximum Gasteiger partial charge on any atom is 0.0645 e. The van der Waals surface area contributed by atoms with Crippen LogP contribution in [0.3, 0.4) is 0 Å². The van der Waals surface area contributed by atoms with Crippen molar-refractivity contribution >= 4 is 33.8 Å². The van der Waals surface area contributed by atoms with Gasteiger partial charge in [-0.25, -0.2) is 0 Å². The quantitative estimate of drug-likeness (QED) is 0.289. The average molecular weight is 376 g/mol. The number of hydrogen-bond acceptors (Lipinski definition) is 1. The molecule has 1 heteroatoms. The Morgan fingerprint density at radius 2 is 1.45 bits per heavy atom. The molecule has 1 nitrogen and oxygen atoms in total. The van der Waals surface area contributed by atoms with Crippen LogP contribution in [0.1, 0.15) is 35.1 Å². The summed E-state index contributed by atoms with van der Waals surface area (Å²) in [7, 11) is 0. The van der Waals surface area contributed by atoms with Crippen LogP contribution in [0.25, 0.3) is 27.6 Å². The van der Waals surface area contributed by atoms with Crippen molar-refractivity contribution in [2.45, 2.75) is 32.2 Å². The molecular weight excluding hydrogens is 350 g/mol. The van der Waals surface area contributed by atoms with Gasteiger partial charge in [-0.2, -0.15) is 0 Å². The predicted octanol–water partition coefficient (Wildman–Crippen LogP) is 7.16. The summed E-state index contributed by atoms with van der Waals surface area (Å²) in [6, 6.07) is 26.3. The Morgan fingerprint density at radius 1 is 0.621 bits per heavy atom. The number of aliphatic imine (C=N–C) groups is 1. The highest BCUT2D eigenvalue weighted by Gasteiger charge is 2.13. The number of rotatable bonds is 0. The van der Waals surface area contributed by atoms with Crippen LogP contribution in [0, 0.1) is 0 Å². The third-order valence-electron chi connectivity index (χ3n) is 6.04. The van der Waals surface area contributed by atoms with Crippen LogP contribution >= 0.6 is 0 Å². The fourth-order valence-corrected chi connectivity index (χ4v) is 4.54. The second kappa shape index (κ2) is 8.05. The topological polar surface area (TPSA) is 12.4 Å². The second-order valence-electron chi connectivity index (χ2n) is 7.84. The minimum atomic E-state index is 0.809. The first-order valence-electron chi connectivity index (χ1n) is 10.6. The maximum atomic E-state index is 4.20. The van der Waals surface area contributed by atoms with Gasteiger partial charge in [0, 0.05) is 6.21 Å². The van der Waals surface area contributed by atoms with E-state index in [2.05, 4.69) is 77.8 Å². The molecule has 0 atom stereocenters. The fourth-order valence-electron chi connectivity index (χ4n) is 4.54. The highest BCUT2D eigenvalue weighted by Crippen LogP contribution is 2.33. The third kappa shape index (κ3) is 3.61. The van der Waals surface area contributed by atoms with Crippen molar-refractivity contribution in [2.24, 2.45) is 4.99 Å². The lowest BCUT2D eigenvalue weighted by Crippen LogP contribution is -2.02. The van der Waals surface area contributed by atoms with Crippen molar-refractivity contribution in [3.05, 3.63) is 101 Å². The fraction of sp³-hybridized carbons (Fsp3) is 0.179. The van der Waals surface area contributed by atoms with E-state index in [-0.39, 0.29) is 0 Å². The van der Waals surface area contributed by atoms with Gasteiger partial charge in [0.1, 0.15) is 0 Å². The van der Waals surface area contributed by atoms with Gasteiger partial charge in [-0.15, -0.1) is 0 Å². The summed E-state index contributed by atoms with van der Waals surface area (Å²) in [6.07, 6.45) is 11.1. The van der Waals surface area contributed by atoms with Gasteiger partial charge in [-0.05, 0) is 75.6 Å². The molecule has 0 aromatic heterocycles. The molecule has 4 aromatic rings. The van der Waals surface area contributed by atoms with E-state index >= 15 is 0 Å². The number of fused-ring (bicyclic) bond motifs is 6. The molecule has 0 saturated carbocycles. The van der Waals surface area contributed by atoms with Crippen molar-refractivity contribution in [3.63, 3.8) is 0 Å². The van der Waals surface area contributed by atoms with E-state index in [1.54, 1.807) is 11.1 Å². The molecule has 6 rings (SSSR count). The van der Waals surface area contributed by atoms with Crippen molar-refractivity contribution in [2.75, 3.05) is 0 Å². The van der Waals surface area contributed by atoms with E-state index in [0.717, 1.165) is 6.54 Å². The van der Waals surface area contributed by atoms with Crippen molar-refractivity contribution < 1.29 is 0 Å². The first-order chi connectivity index (χ1) is 14.4. The molecule has 0 unspecified atom stereocenters. The average Bonchev–Trinajstić information content (AvgIpc) is 3.05. The van der Waals surface area contributed by atoms with Gasteiger partial charge in [0.15, 0.2) is 0 Å². The van der Waals surface area contributed by atoms with Crippen LogP contribution in [0.15, 0.2) is 83.9 Å². The first-order valence-corrected chi connectivity index (χ1v) is 10.6. The van der Waals surface area contributed by atoms with Crippen LogP contribution in [0.4, 0.5) is 0 Å². The molecule has 1 aliphatic carbocycles. The van der Waals surface area contributed by atoms with Gasteiger partial charge in [0.05, 0.1) is 6.54 Å². The summed E-state index contributed by atoms with van der Waals surface area (Å²) in [5.74, 6) is 0. The molecule has 0 spiro atoms. The Kier molecular flexibility index (Phi) is 4.96. The zero-order valence-corrected chi connectivity index (χ0v) is 16.6. The Bertz CT molecular complexity index is 1230. The minimum Gasteiger partial charge on any atom is -0.288 e. The number of benzene rings is 4.